The number of imide groups is 1. The summed E-state index contributed by atoms with van der Waals surface area (Å²) in [4.78, 5) is 23.5. The lowest BCUT2D eigenvalue weighted by atomic mass is 10.3. The number of nitrogens with two attached hydrogens (primary N) is 1. The number of nitrogens with zero attached hydrogens (tertiary/aromatic N) is 1. The summed E-state index contributed by atoms with van der Waals surface area (Å²) in [6.45, 7) is 2.79. The van der Waals surface area contributed by atoms with E-state index in [2.05, 4.69) is 5.32 Å². The minimum absolute atomic E-state index is 0.225. The molecule has 3 amide bonds. The van der Waals surface area contributed by atoms with Crippen LogP contribution >= 0.6 is 0 Å². The lowest BCUT2D eigenvalue weighted by molar-refractivity contribution is -0.121. The summed E-state index contributed by atoms with van der Waals surface area (Å²) in [6.07, 6.45) is 0.727. The third-order valence-corrected chi connectivity index (χ3v) is 1.94. The van der Waals surface area contributed by atoms with Crippen molar-refractivity contribution in [1.29, 1.82) is 0 Å². The van der Waals surface area contributed by atoms with E-state index < -0.39 is 0 Å². The number of amides is 3. The van der Waals surface area contributed by atoms with Crippen molar-refractivity contribution in [1.82, 2.24) is 10.2 Å². The van der Waals surface area contributed by atoms with Crippen molar-refractivity contribution in [2.45, 2.75) is 19.4 Å². The highest BCUT2D eigenvalue weighted by molar-refractivity contribution is 6.03. The van der Waals surface area contributed by atoms with Gasteiger partial charge in [-0.15, -0.1) is 0 Å². The molecule has 12 heavy (non-hydrogen) atoms. The molecule has 0 aromatic heterocycles. The fourth-order valence-corrected chi connectivity index (χ4v) is 1.16. The summed E-state index contributed by atoms with van der Waals surface area (Å²) >= 11 is 0. The molecule has 1 fully saturated rings. The number of rotatable bonds is 3. The number of carbonyl (C=O) groups excluding carboxylic acids is 2. The molecule has 1 rings (SSSR count). The molecule has 5 heteroatoms. The molecule has 1 atom stereocenters. The lowest BCUT2D eigenvalue weighted by Gasteiger charge is -2.17. The maximum Gasteiger partial charge on any atom is 0.324 e. The van der Waals surface area contributed by atoms with Crippen LogP contribution in [0.25, 0.3) is 0 Å². The van der Waals surface area contributed by atoms with Crippen molar-refractivity contribution in [3.8, 4) is 0 Å². The van der Waals surface area contributed by atoms with Crippen molar-refractivity contribution in [2.75, 3.05) is 13.1 Å². The summed E-state index contributed by atoms with van der Waals surface area (Å²) < 4.78 is 0. The largest absolute Gasteiger partial charge is 0.330 e. The Kier molecular flexibility index (Phi) is 2.65. The minimum Gasteiger partial charge on any atom is -0.330 e. The van der Waals surface area contributed by atoms with Gasteiger partial charge in [0.05, 0.1) is 0 Å². The fourth-order valence-electron chi connectivity index (χ4n) is 1.16. The zero-order chi connectivity index (χ0) is 9.14. The second-order valence-corrected chi connectivity index (χ2v) is 2.81. The van der Waals surface area contributed by atoms with Crippen molar-refractivity contribution in [3.05, 3.63) is 0 Å². The molecule has 5 nitrogen and oxygen atoms in total. The predicted octanol–water partition coefficient (Wildman–Crippen LogP) is -0.724. The Labute approximate surface area is 70.9 Å². The standard InChI is InChI=1S/C7H13N3O2/c1-5-6(11)9-7(12)10(5)4-2-3-8/h5H,2-4,8H2,1H3,(H,9,11,12). The molecule has 1 heterocycles. The van der Waals surface area contributed by atoms with Gasteiger partial charge in [-0.25, -0.2) is 4.79 Å². The Morgan fingerprint density at radius 2 is 2.25 bits per heavy atom. The molecule has 0 spiro atoms. The summed E-state index contributed by atoms with van der Waals surface area (Å²) in [5, 5.41) is 2.23. The molecule has 0 saturated carbocycles. The molecule has 1 aliphatic rings. The number of urea groups is 1. The third-order valence-electron chi connectivity index (χ3n) is 1.94. The van der Waals surface area contributed by atoms with Crippen molar-refractivity contribution < 1.29 is 9.59 Å². The van der Waals surface area contributed by atoms with E-state index >= 15 is 0 Å². The number of hydrogen-bond acceptors (Lipinski definition) is 3. The monoisotopic (exact) mass is 171 g/mol. The average Bonchev–Trinajstić information content (AvgIpc) is 2.25. The van der Waals surface area contributed by atoms with Crippen LogP contribution in [0.4, 0.5) is 4.79 Å². The normalized spacial score (nSPS) is 23.2. The average molecular weight is 171 g/mol. The minimum atomic E-state index is -0.343. The Hall–Kier alpha value is -1.10. The molecule has 0 aromatic carbocycles. The summed E-state index contributed by atoms with van der Waals surface area (Å²) in [5.74, 6) is -0.225. The molecule has 1 unspecified atom stereocenters. The molecule has 0 aromatic rings. The molecule has 68 valence electrons. The van der Waals surface area contributed by atoms with E-state index in [1.165, 1.54) is 4.90 Å². The van der Waals surface area contributed by atoms with Gasteiger partial charge in [0.25, 0.3) is 5.91 Å². The number of nitrogens with one attached hydrogen (secondary N) is 1. The Bertz CT molecular complexity index is 205. The Balaban J connectivity index is 2.51. The van der Waals surface area contributed by atoms with E-state index in [0.717, 1.165) is 6.42 Å². The van der Waals surface area contributed by atoms with Gasteiger partial charge < -0.3 is 10.6 Å². The van der Waals surface area contributed by atoms with Gasteiger partial charge in [0.15, 0.2) is 0 Å². The van der Waals surface area contributed by atoms with Gasteiger partial charge in [0, 0.05) is 6.54 Å². The van der Waals surface area contributed by atoms with E-state index in [-0.39, 0.29) is 18.0 Å². The van der Waals surface area contributed by atoms with Crippen LogP contribution in [-0.4, -0.2) is 36.0 Å². The molecule has 3 N–H and O–H groups in total. The van der Waals surface area contributed by atoms with Crippen molar-refractivity contribution >= 4 is 11.9 Å². The molecule has 1 saturated heterocycles. The van der Waals surface area contributed by atoms with Crippen LogP contribution in [0, 0.1) is 0 Å². The zero-order valence-corrected chi connectivity index (χ0v) is 7.04. The first-order valence-corrected chi connectivity index (χ1v) is 3.98. The molecule has 1 aliphatic heterocycles. The first-order chi connectivity index (χ1) is 5.66. The molecular formula is C7H13N3O2. The van der Waals surface area contributed by atoms with Crippen LogP contribution in [-0.2, 0) is 4.79 Å². The maximum atomic E-state index is 11.1. The summed E-state index contributed by atoms with van der Waals surface area (Å²) in [7, 11) is 0. The van der Waals surface area contributed by atoms with E-state index in [0.29, 0.717) is 13.1 Å². The molecular weight excluding hydrogens is 158 g/mol. The summed E-state index contributed by atoms with van der Waals surface area (Å²) in [5.41, 5.74) is 5.29. The second kappa shape index (κ2) is 3.53. The highest BCUT2D eigenvalue weighted by atomic mass is 16.2. The Morgan fingerprint density at radius 1 is 1.58 bits per heavy atom. The van der Waals surface area contributed by atoms with Crippen LogP contribution in [0.1, 0.15) is 13.3 Å². The maximum absolute atomic E-state index is 11.1. The second-order valence-electron chi connectivity index (χ2n) is 2.81. The van der Waals surface area contributed by atoms with Crippen LogP contribution in [0.15, 0.2) is 0 Å². The highest BCUT2D eigenvalue weighted by Gasteiger charge is 2.33. The van der Waals surface area contributed by atoms with Gasteiger partial charge in [-0.2, -0.15) is 0 Å². The van der Waals surface area contributed by atoms with Gasteiger partial charge >= 0.3 is 6.03 Å². The van der Waals surface area contributed by atoms with E-state index in [4.69, 9.17) is 5.73 Å². The van der Waals surface area contributed by atoms with Crippen molar-refractivity contribution in [2.24, 2.45) is 5.73 Å². The van der Waals surface area contributed by atoms with Crippen LogP contribution in [0.2, 0.25) is 0 Å². The molecule has 0 radical (unpaired) electrons. The predicted molar refractivity (Wildman–Crippen MR) is 43.4 cm³/mol. The van der Waals surface area contributed by atoms with E-state index in [1.54, 1.807) is 6.92 Å². The van der Waals surface area contributed by atoms with Crippen LogP contribution < -0.4 is 11.1 Å². The van der Waals surface area contributed by atoms with Crippen LogP contribution in [0.5, 0.6) is 0 Å². The van der Waals surface area contributed by atoms with E-state index in [1.807, 2.05) is 0 Å². The van der Waals surface area contributed by atoms with Gasteiger partial charge in [-0.1, -0.05) is 0 Å². The van der Waals surface area contributed by atoms with Crippen molar-refractivity contribution in [3.63, 3.8) is 0 Å². The van der Waals surface area contributed by atoms with Gasteiger partial charge in [-0.3, -0.25) is 10.1 Å². The van der Waals surface area contributed by atoms with Gasteiger partial charge in [0.1, 0.15) is 6.04 Å². The third kappa shape index (κ3) is 1.55. The topological polar surface area (TPSA) is 75.4 Å². The highest BCUT2D eigenvalue weighted by Crippen LogP contribution is 2.07. The zero-order valence-electron chi connectivity index (χ0n) is 7.04. The molecule has 0 aliphatic carbocycles. The van der Waals surface area contributed by atoms with E-state index in [9.17, 15) is 9.59 Å². The number of hydrogen-bond donors (Lipinski definition) is 2. The number of carbonyl (C=O) groups is 2. The molecule has 0 bridgehead atoms. The fraction of sp³-hybridized carbons (Fsp3) is 0.714. The van der Waals surface area contributed by atoms with Crippen LogP contribution in [0.3, 0.4) is 0 Å². The lowest BCUT2D eigenvalue weighted by Crippen LogP contribution is -2.34. The first-order valence-electron chi connectivity index (χ1n) is 3.98. The first kappa shape index (κ1) is 8.99. The van der Waals surface area contributed by atoms with Gasteiger partial charge in [-0.05, 0) is 19.9 Å². The quantitative estimate of drug-likeness (QED) is 0.550. The van der Waals surface area contributed by atoms with Gasteiger partial charge in [0.2, 0.25) is 0 Å². The Morgan fingerprint density at radius 3 is 2.67 bits per heavy atom. The SMILES string of the molecule is CC1C(=O)NC(=O)N1CCCN. The summed E-state index contributed by atoms with van der Waals surface area (Å²) in [6, 6.07) is -0.648. The smallest absolute Gasteiger partial charge is 0.324 e.